The average molecular weight is 265 g/mol. The van der Waals surface area contributed by atoms with E-state index in [0.29, 0.717) is 37.0 Å². The Bertz CT molecular complexity index is 451. The molecule has 0 saturated heterocycles. The van der Waals surface area contributed by atoms with E-state index in [0.717, 1.165) is 18.5 Å². The topological polar surface area (TPSA) is 29.5 Å². The van der Waals surface area contributed by atoms with Gasteiger partial charge in [0.05, 0.1) is 6.61 Å². The van der Waals surface area contributed by atoms with Crippen molar-refractivity contribution in [2.24, 2.45) is 0 Å². The maximum absolute atomic E-state index is 13.8. The van der Waals surface area contributed by atoms with Gasteiger partial charge in [-0.15, -0.1) is 0 Å². The van der Waals surface area contributed by atoms with Gasteiger partial charge < -0.3 is 9.64 Å². The van der Waals surface area contributed by atoms with Crippen LogP contribution in [-0.4, -0.2) is 25.5 Å². The van der Waals surface area contributed by atoms with Crippen molar-refractivity contribution in [2.75, 3.05) is 18.6 Å². The Hall–Kier alpha value is -1.58. The first-order valence-corrected chi connectivity index (χ1v) is 6.78. The van der Waals surface area contributed by atoms with Crippen LogP contribution in [0.4, 0.5) is 10.1 Å². The van der Waals surface area contributed by atoms with Crippen LogP contribution in [0, 0.1) is 5.82 Å². The molecule has 0 heterocycles. The fourth-order valence-corrected chi connectivity index (χ4v) is 2.50. The molecule has 1 aromatic carbocycles. The van der Waals surface area contributed by atoms with Crippen LogP contribution < -0.4 is 9.64 Å². The minimum Gasteiger partial charge on any atom is -0.491 e. The molecule has 0 N–H and O–H groups in total. The number of halogens is 1. The highest BCUT2D eigenvalue weighted by Crippen LogP contribution is 2.28. The Morgan fingerprint density at radius 1 is 1.37 bits per heavy atom. The number of anilines is 1. The molecule has 1 aliphatic rings. The van der Waals surface area contributed by atoms with E-state index in [2.05, 4.69) is 4.90 Å². The van der Waals surface area contributed by atoms with Gasteiger partial charge in [0.25, 0.3) is 0 Å². The first-order valence-electron chi connectivity index (χ1n) is 6.78. The highest BCUT2D eigenvalue weighted by molar-refractivity contribution is 5.79. The van der Waals surface area contributed by atoms with Crippen molar-refractivity contribution in [3.8, 4) is 5.75 Å². The second kappa shape index (κ2) is 6.04. The summed E-state index contributed by atoms with van der Waals surface area (Å²) in [5, 5.41) is 0. The monoisotopic (exact) mass is 265 g/mol. The molecule has 1 fully saturated rings. The van der Waals surface area contributed by atoms with E-state index in [1.54, 1.807) is 6.07 Å². The molecule has 0 unspecified atom stereocenters. The summed E-state index contributed by atoms with van der Waals surface area (Å²) in [7, 11) is 1.95. The highest BCUT2D eigenvalue weighted by Gasteiger charge is 2.22. The number of ketones is 1. The SMILES string of the molecule is CCOc1ccc(N(C)C2CCC(=O)CC2)cc1F. The van der Waals surface area contributed by atoms with E-state index >= 15 is 0 Å². The summed E-state index contributed by atoms with van der Waals surface area (Å²) >= 11 is 0. The van der Waals surface area contributed by atoms with Gasteiger partial charge in [0.15, 0.2) is 11.6 Å². The molecule has 1 aromatic rings. The fourth-order valence-electron chi connectivity index (χ4n) is 2.50. The van der Waals surface area contributed by atoms with Crippen LogP contribution >= 0.6 is 0 Å². The Labute approximate surface area is 113 Å². The molecular weight excluding hydrogens is 245 g/mol. The van der Waals surface area contributed by atoms with E-state index in [1.165, 1.54) is 6.07 Å². The molecule has 0 amide bonds. The highest BCUT2D eigenvalue weighted by atomic mass is 19.1. The smallest absolute Gasteiger partial charge is 0.167 e. The van der Waals surface area contributed by atoms with Crippen molar-refractivity contribution < 1.29 is 13.9 Å². The Balaban J connectivity index is 2.08. The number of hydrogen-bond donors (Lipinski definition) is 0. The number of benzene rings is 1. The van der Waals surface area contributed by atoms with Gasteiger partial charge in [-0.2, -0.15) is 0 Å². The predicted octanol–water partition coefficient (Wildman–Crippen LogP) is 3.17. The third kappa shape index (κ3) is 3.25. The lowest BCUT2D eigenvalue weighted by molar-refractivity contribution is -0.120. The number of nitrogens with zero attached hydrogens (tertiary/aromatic N) is 1. The first kappa shape index (κ1) is 13.8. The van der Waals surface area contributed by atoms with Gasteiger partial charge in [0.2, 0.25) is 0 Å². The van der Waals surface area contributed by atoms with Crippen LogP contribution in [0.25, 0.3) is 0 Å². The fraction of sp³-hybridized carbons (Fsp3) is 0.533. The van der Waals surface area contributed by atoms with Crippen molar-refractivity contribution in [1.82, 2.24) is 0 Å². The van der Waals surface area contributed by atoms with Gasteiger partial charge in [-0.3, -0.25) is 4.79 Å². The lowest BCUT2D eigenvalue weighted by Crippen LogP contribution is -2.35. The van der Waals surface area contributed by atoms with Crippen molar-refractivity contribution in [3.05, 3.63) is 24.0 Å². The summed E-state index contributed by atoms with van der Waals surface area (Å²) in [5.41, 5.74) is 0.834. The summed E-state index contributed by atoms with van der Waals surface area (Å²) in [6, 6.07) is 5.35. The molecule has 4 heteroatoms. The summed E-state index contributed by atoms with van der Waals surface area (Å²) in [4.78, 5) is 13.3. The van der Waals surface area contributed by atoms with Crippen LogP contribution in [0.15, 0.2) is 18.2 Å². The van der Waals surface area contributed by atoms with Crippen LogP contribution in [0.2, 0.25) is 0 Å². The van der Waals surface area contributed by atoms with E-state index in [9.17, 15) is 9.18 Å². The van der Waals surface area contributed by atoms with Gasteiger partial charge >= 0.3 is 0 Å². The van der Waals surface area contributed by atoms with Crippen LogP contribution in [0.1, 0.15) is 32.6 Å². The van der Waals surface area contributed by atoms with E-state index < -0.39 is 0 Å². The standard InChI is InChI=1S/C15H20FNO2/c1-3-19-15-9-6-12(10-14(15)16)17(2)11-4-7-13(18)8-5-11/h6,9-11H,3-5,7-8H2,1-2H3. The molecule has 19 heavy (non-hydrogen) atoms. The lowest BCUT2D eigenvalue weighted by Gasteiger charge is -2.32. The normalized spacial score (nSPS) is 16.5. The number of carbonyl (C=O) groups excluding carboxylic acids is 1. The largest absolute Gasteiger partial charge is 0.491 e. The number of hydrogen-bond acceptors (Lipinski definition) is 3. The number of ether oxygens (including phenoxy) is 1. The second-order valence-electron chi connectivity index (χ2n) is 4.93. The van der Waals surface area contributed by atoms with E-state index in [4.69, 9.17) is 4.74 Å². The molecule has 1 saturated carbocycles. The molecule has 2 rings (SSSR count). The van der Waals surface area contributed by atoms with Gasteiger partial charge in [-0.05, 0) is 31.9 Å². The third-order valence-corrected chi connectivity index (χ3v) is 3.68. The maximum atomic E-state index is 13.8. The van der Waals surface area contributed by atoms with Gasteiger partial charge in [0.1, 0.15) is 5.78 Å². The van der Waals surface area contributed by atoms with Crippen LogP contribution in [0.5, 0.6) is 5.75 Å². The van der Waals surface area contributed by atoms with Crippen LogP contribution in [-0.2, 0) is 4.79 Å². The average Bonchev–Trinajstić information content (AvgIpc) is 2.41. The minimum absolute atomic E-state index is 0.290. The van der Waals surface area contributed by atoms with Crippen molar-refractivity contribution in [3.63, 3.8) is 0 Å². The molecule has 104 valence electrons. The lowest BCUT2D eigenvalue weighted by atomic mass is 9.93. The molecule has 0 aromatic heterocycles. The minimum atomic E-state index is -0.335. The Morgan fingerprint density at radius 2 is 2.05 bits per heavy atom. The Kier molecular flexibility index (Phi) is 4.40. The van der Waals surface area contributed by atoms with Gasteiger partial charge in [-0.25, -0.2) is 4.39 Å². The summed E-state index contributed by atoms with van der Waals surface area (Å²) in [6.45, 7) is 2.29. The zero-order valence-electron chi connectivity index (χ0n) is 11.5. The quantitative estimate of drug-likeness (QED) is 0.837. The molecule has 0 radical (unpaired) electrons. The molecule has 1 aliphatic carbocycles. The maximum Gasteiger partial charge on any atom is 0.167 e. The van der Waals surface area contributed by atoms with Crippen molar-refractivity contribution in [1.29, 1.82) is 0 Å². The molecule has 0 bridgehead atoms. The molecule has 0 spiro atoms. The number of rotatable bonds is 4. The van der Waals surface area contributed by atoms with E-state index in [-0.39, 0.29) is 5.82 Å². The molecule has 0 aliphatic heterocycles. The first-order chi connectivity index (χ1) is 9.11. The summed E-state index contributed by atoms with van der Waals surface area (Å²) < 4.78 is 19.0. The summed E-state index contributed by atoms with van der Waals surface area (Å²) in [6.07, 6.45) is 2.97. The van der Waals surface area contributed by atoms with Gasteiger partial charge in [0, 0.05) is 37.7 Å². The zero-order valence-corrected chi connectivity index (χ0v) is 11.5. The Morgan fingerprint density at radius 3 is 2.63 bits per heavy atom. The van der Waals surface area contributed by atoms with Crippen LogP contribution in [0.3, 0.4) is 0 Å². The summed E-state index contributed by atoms with van der Waals surface area (Å²) in [5.74, 6) is 0.291. The van der Waals surface area contributed by atoms with E-state index in [1.807, 2.05) is 20.0 Å². The molecule has 3 nitrogen and oxygen atoms in total. The number of carbonyl (C=O) groups is 1. The van der Waals surface area contributed by atoms with Gasteiger partial charge in [-0.1, -0.05) is 0 Å². The predicted molar refractivity (Wildman–Crippen MR) is 73.2 cm³/mol. The van der Waals surface area contributed by atoms with Crippen molar-refractivity contribution in [2.45, 2.75) is 38.6 Å². The zero-order chi connectivity index (χ0) is 13.8. The third-order valence-electron chi connectivity index (χ3n) is 3.68. The molecular formula is C15H20FNO2. The second-order valence-corrected chi connectivity index (χ2v) is 4.93. The molecule has 0 atom stereocenters. The van der Waals surface area contributed by atoms with Crippen molar-refractivity contribution >= 4 is 11.5 Å². The number of Topliss-reactive ketones (excluding diaryl/α,β-unsaturated/α-hetero) is 1.